The Morgan fingerprint density at radius 3 is 1.89 bits per heavy atom. The van der Waals surface area contributed by atoms with Gasteiger partial charge in [-0.3, -0.25) is 9.69 Å². The Hall–Kier alpha value is -3.16. The minimum Gasteiger partial charge on any atom is -0.266 e. The summed E-state index contributed by atoms with van der Waals surface area (Å²) in [6.07, 6.45) is 0. The fourth-order valence-corrected chi connectivity index (χ4v) is 3.74. The van der Waals surface area contributed by atoms with E-state index in [0.717, 1.165) is 11.4 Å². The van der Waals surface area contributed by atoms with Gasteiger partial charge in [-0.15, -0.1) is 0 Å². The van der Waals surface area contributed by atoms with E-state index in [9.17, 15) is 4.79 Å². The predicted octanol–water partition coefficient (Wildman–Crippen LogP) is 6.20. The number of para-hydroxylation sites is 1. The van der Waals surface area contributed by atoms with Gasteiger partial charge in [-0.2, -0.15) is 10.2 Å². The molecule has 1 saturated heterocycles. The molecule has 0 aliphatic carbocycles. The Morgan fingerprint density at radius 1 is 0.714 bits per heavy atom. The number of rotatable bonds is 4. The van der Waals surface area contributed by atoms with Crippen LogP contribution in [-0.2, 0) is 4.79 Å². The van der Waals surface area contributed by atoms with Gasteiger partial charge in [-0.05, 0) is 60.3 Å². The summed E-state index contributed by atoms with van der Waals surface area (Å²) in [4.78, 5) is 18.7. The van der Waals surface area contributed by atoms with Gasteiger partial charge in [-0.1, -0.05) is 48.6 Å². The fraction of sp³-hybridized carbons (Fsp3) is 0. The van der Waals surface area contributed by atoms with E-state index in [1.54, 1.807) is 12.1 Å². The Balaban J connectivity index is 1.51. The molecule has 0 atom stereocenters. The van der Waals surface area contributed by atoms with E-state index in [0.29, 0.717) is 20.7 Å². The summed E-state index contributed by atoms with van der Waals surface area (Å²) in [6, 6.07) is 26.1. The average molecular weight is 403 g/mol. The molecule has 4 rings (SSSR count). The van der Waals surface area contributed by atoms with Crippen molar-refractivity contribution in [2.45, 2.75) is 0 Å². The van der Waals surface area contributed by atoms with Crippen LogP contribution in [0.25, 0.3) is 0 Å². The third-order valence-corrected chi connectivity index (χ3v) is 5.13. The summed E-state index contributed by atoms with van der Waals surface area (Å²) in [6.45, 7) is 0. The Morgan fingerprint density at radius 2 is 1.25 bits per heavy atom. The van der Waals surface area contributed by atoms with Gasteiger partial charge >= 0.3 is 0 Å². The van der Waals surface area contributed by atoms with Crippen LogP contribution in [0.2, 0.25) is 0 Å². The minimum atomic E-state index is -0.214. The highest BCUT2D eigenvalue weighted by molar-refractivity contribution is 8.35. The molecule has 3 aromatic carbocycles. The van der Waals surface area contributed by atoms with Crippen molar-refractivity contribution in [1.82, 2.24) is 0 Å². The first-order valence-electron chi connectivity index (χ1n) is 8.47. The maximum Gasteiger partial charge on any atom is 0.289 e. The first kappa shape index (κ1) is 18.2. The number of carbonyl (C=O) groups excluding carboxylic acids is 1. The molecule has 1 amide bonds. The second-order valence-corrected chi connectivity index (χ2v) is 7.44. The molecule has 1 aliphatic heterocycles. The van der Waals surface area contributed by atoms with Crippen LogP contribution < -0.4 is 4.90 Å². The maximum atomic E-state index is 12.7. The topological polar surface area (TPSA) is 57.4 Å². The van der Waals surface area contributed by atoms with Crippen LogP contribution >= 0.6 is 24.0 Å². The number of anilines is 1. The lowest BCUT2D eigenvalue weighted by Gasteiger charge is -2.13. The van der Waals surface area contributed by atoms with Gasteiger partial charge in [0.2, 0.25) is 0 Å². The quantitative estimate of drug-likeness (QED) is 0.386. The molecular weight excluding hydrogens is 388 g/mol. The number of aliphatic imine (C=N–C) groups is 1. The van der Waals surface area contributed by atoms with Crippen LogP contribution in [0.4, 0.5) is 22.7 Å². The van der Waals surface area contributed by atoms with Crippen molar-refractivity contribution in [1.29, 1.82) is 0 Å². The number of hydrogen-bond acceptors (Lipinski definition) is 6. The van der Waals surface area contributed by atoms with E-state index < -0.39 is 0 Å². The van der Waals surface area contributed by atoms with Crippen LogP contribution in [0.5, 0.6) is 0 Å². The number of azo groups is 1. The predicted molar refractivity (Wildman–Crippen MR) is 118 cm³/mol. The first-order chi connectivity index (χ1) is 13.7. The highest BCUT2D eigenvalue weighted by Gasteiger charge is 2.34. The van der Waals surface area contributed by atoms with Crippen molar-refractivity contribution in [3.05, 3.63) is 84.9 Å². The lowest BCUT2D eigenvalue weighted by molar-refractivity contribution is -0.111. The summed E-state index contributed by atoms with van der Waals surface area (Å²) in [5.41, 5.74) is 2.90. The number of carbonyl (C=O) groups is 1. The third kappa shape index (κ3) is 4.05. The zero-order chi connectivity index (χ0) is 19.3. The second kappa shape index (κ2) is 8.24. The van der Waals surface area contributed by atoms with Crippen molar-refractivity contribution >= 4 is 62.0 Å². The van der Waals surface area contributed by atoms with E-state index in [4.69, 9.17) is 12.2 Å². The molecule has 136 valence electrons. The summed E-state index contributed by atoms with van der Waals surface area (Å²) in [5.74, 6) is -0.214. The van der Waals surface area contributed by atoms with Crippen LogP contribution in [0.3, 0.4) is 0 Å². The third-order valence-electron chi connectivity index (χ3n) is 3.88. The normalized spacial score (nSPS) is 15.7. The number of hydrogen-bond donors (Lipinski definition) is 0. The monoisotopic (exact) mass is 402 g/mol. The van der Waals surface area contributed by atoms with Crippen molar-refractivity contribution in [2.75, 3.05) is 4.90 Å². The molecule has 0 bridgehead atoms. The van der Waals surface area contributed by atoms with Gasteiger partial charge in [0.1, 0.15) is 0 Å². The van der Waals surface area contributed by atoms with Crippen molar-refractivity contribution < 1.29 is 4.79 Å². The average Bonchev–Trinajstić information content (AvgIpc) is 3.02. The van der Waals surface area contributed by atoms with E-state index in [1.807, 2.05) is 72.8 Å². The zero-order valence-corrected chi connectivity index (χ0v) is 16.2. The number of amides is 1. The van der Waals surface area contributed by atoms with Gasteiger partial charge in [0.25, 0.3) is 5.91 Å². The van der Waals surface area contributed by atoms with Crippen LogP contribution in [-0.4, -0.2) is 15.3 Å². The molecule has 0 radical (unpaired) electrons. The van der Waals surface area contributed by atoms with Gasteiger partial charge in [0.15, 0.2) is 9.36 Å². The van der Waals surface area contributed by atoms with Crippen LogP contribution in [0.15, 0.2) is 100 Å². The fourth-order valence-electron chi connectivity index (χ4n) is 2.54. The van der Waals surface area contributed by atoms with Gasteiger partial charge in [0.05, 0.1) is 22.7 Å². The summed E-state index contributed by atoms with van der Waals surface area (Å²) in [7, 11) is 0. The molecule has 0 N–H and O–H groups in total. The molecule has 5 nitrogen and oxygen atoms in total. The van der Waals surface area contributed by atoms with Gasteiger partial charge in [0, 0.05) is 0 Å². The second-order valence-electron chi connectivity index (χ2n) is 5.81. The van der Waals surface area contributed by atoms with Crippen LogP contribution in [0.1, 0.15) is 0 Å². The molecule has 0 spiro atoms. The first-order valence-corrected chi connectivity index (χ1v) is 9.70. The molecule has 0 saturated carbocycles. The zero-order valence-electron chi connectivity index (χ0n) is 14.6. The Bertz CT molecular complexity index is 1060. The van der Waals surface area contributed by atoms with Gasteiger partial charge in [-0.25, -0.2) is 4.99 Å². The molecule has 1 heterocycles. The van der Waals surface area contributed by atoms with Crippen molar-refractivity contribution in [3.8, 4) is 0 Å². The van der Waals surface area contributed by atoms with Crippen molar-refractivity contribution in [3.63, 3.8) is 0 Å². The smallest absolute Gasteiger partial charge is 0.266 e. The molecule has 1 aliphatic rings. The minimum absolute atomic E-state index is 0.214. The molecule has 1 fully saturated rings. The summed E-state index contributed by atoms with van der Waals surface area (Å²) < 4.78 is 0.475. The Labute approximate surface area is 171 Å². The largest absolute Gasteiger partial charge is 0.289 e. The van der Waals surface area contributed by atoms with Gasteiger partial charge < -0.3 is 0 Å². The van der Waals surface area contributed by atoms with Crippen molar-refractivity contribution in [2.24, 2.45) is 15.2 Å². The standard InChI is InChI=1S/C21H14N4OS2/c26-20-19(28-21(27)25(20)18-9-5-2-6-10-18)22-15-11-13-17(14-12-15)24-23-16-7-3-1-4-8-16/h1-14H. The summed E-state index contributed by atoms with van der Waals surface area (Å²) in [5, 5.41) is 8.74. The molecule has 28 heavy (non-hydrogen) atoms. The summed E-state index contributed by atoms with van der Waals surface area (Å²) >= 11 is 6.55. The van der Waals surface area contributed by atoms with E-state index in [-0.39, 0.29) is 5.91 Å². The lowest BCUT2D eigenvalue weighted by atomic mass is 10.3. The highest BCUT2D eigenvalue weighted by Crippen LogP contribution is 2.31. The number of benzene rings is 3. The van der Waals surface area contributed by atoms with E-state index >= 15 is 0 Å². The molecular formula is C21H14N4OS2. The van der Waals surface area contributed by atoms with Crippen LogP contribution in [0, 0.1) is 0 Å². The number of thioether (sulfide) groups is 1. The SMILES string of the molecule is O=C1C(=Nc2ccc(N=Nc3ccccc3)cc2)SC(=S)N1c1ccccc1. The van der Waals surface area contributed by atoms with E-state index in [2.05, 4.69) is 15.2 Å². The molecule has 3 aromatic rings. The molecule has 0 aromatic heterocycles. The number of nitrogens with zero attached hydrogens (tertiary/aromatic N) is 4. The maximum absolute atomic E-state index is 12.7. The number of thiocarbonyl (C=S) groups is 1. The molecule has 7 heteroatoms. The highest BCUT2D eigenvalue weighted by atomic mass is 32.2. The Kier molecular flexibility index (Phi) is 5.36. The van der Waals surface area contributed by atoms with E-state index in [1.165, 1.54) is 16.7 Å². The molecule has 0 unspecified atom stereocenters. The lowest BCUT2D eigenvalue weighted by Crippen LogP contribution is -2.29.